The summed E-state index contributed by atoms with van der Waals surface area (Å²) >= 11 is 0. The molecule has 0 amide bonds. The first kappa shape index (κ1) is 20.1. The zero-order valence-electron chi connectivity index (χ0n) is 19.5. The summed E-state index contributed by atoms with van der Waals surface area (Å²) in [5.41, 5.74) is 2.22. The summed E-state index contributed by atoms with van der Waals surface area (Å²) in [6, 6.07) is 0. The molecule has 0 radical (unpaired) electrons. The number of hydrogen-bond acceptors (Lipinski definition) is 3. The van der Waals surface area contributed by atoms with Gasteiger partial charge in [0.1, 0.15) is 0 Å². The van der Waals surface area contributed by atoms with Crippen LogP contribution in [0.25, 0.3) is 0 Å². The van der Waals surface area contributed by atoms with Crippen LogP contribution in [0.5, 0.6) is 0 Å². The Morgan fingerprint density at radius 3 is 2.53 bits per heavy atom. The van der Waals surface area contributed by atoms with Crippen molar-refractivity contribution in [2.45, 2.75) is 110 Å². The molecule has 6 aliphatic rings. The third kappa shape index (κ3) is 2.51. The van der Waals surface area contributed by atoms with Crippen LogP contribution in [-0.2, 0) is 9.47 Å². The topological polar surface area (TPSA) is 38.7 Å². The lowest BCUT2D eigenvalue weighted by Crippen LogP contribution is -2.54. The molecule has 0 bridgehead atoms. The third-order valence-electron chi connectivity index (χ3n) is 11.6. The van der Waals surface area contributed by atoms with Gasteiger partial charge in [0.15, 0.2) is 0 Å². The summed E-state index contributed by atoms with van der Waals surface area (Å²) in [4.78, 5) is 0. The molecule has 2 heterocycles. The van der Waals surface area contributed by atoms with Gasteiger partial charge in [0.2, 0.25) is 5.79 Å². The van der Waals surface area contributed by atoms with E-state index in [9.17, 15) is 5.11 Å². The second-order valence-corrected chi connectivity index (χ2v) is 12.7. The molecule has 3 nitrogen and oxygen atoms in total. The van der Waals surface area contributed by atoms with Crippen molar-refractivity contribution in [3.8, 4) is 0 Å². The minimum absolute atomic E-state index is 0.0436. The SMILES string of the molecule is CC1=CO[C@@]2(CC1)O[C@@H]1C[C@H]3[C@@H]4CC[C@H]5C[C@@H](O)CC[C@]5(C)[C@H]4CC[C@]3(C)[C@H]1[C@@H]2C. The Kier molecular flexibility index (Phi) is 4.35. The number of aliphatic hydroxyl groups is 1. The predicted octanol–water partition coefficient (Wildman–Crippen LogP) is 6.06. The Labute approximate surface area is 183 Å². The lowest BCUT2D eigenvalue weighted by molar-refractivity contribution is -0.229. The van der Waals surface area contributed by atoms with Gasteiger partial charge in [0.25, 0.3) is 0 Å². The average Bonchev–Trinajstić information content (AvgIpc) is 3.16. The van der Waals surface area contributed by atoms with E-state index in [1.807, 2.05) is 6.26 Å². The summed E-state index contributed by atoms with van der Waals surface area (Å²) in [5, 5.41) is 10.3. The van der Waals surface area contributed by atoms with Crippen molar-refractivity contribution >= 4 is 0 Å². The van der Waals surface area contributed by atoms with Gasteiger partial charge in [-0.2, -0.15) is 0 Å². The van der Waals surface area contributed by atoms with Gasteiger partial charge >= 0.3 is 0 Å². The first-order valence-electron chi connectivity index (χ1n) is 13.0. The maximum atomic E-state index is 10.3. The molecule has 4 saturated carbocycles. The molecule has 1 spiro atoms. The first-order chi connectivity index (χ1) is 14.3. The molecular formula is C27H42O3. The van der Waals surface area contributed by atoms with E-state index in [1.165, 1.54) is 44.1 Å². The third-order valence-corrected chi connectivity index (χ3v) is 11.6. The van der Waals surface area contributed by atoms with E-state index < -0.39 is 0 Å². The van der Waals surface area contributed by atoms with Gasteiger partial charge in [-0.3, -0.25) is 0 Å². The highest BCUT2D eigenvalue weighted by Gasteiger charge is 2.69. The van der Waals surface area contributed by atoms with Crippen molar-refractivity contribution in [2.75, 3.05) is 0 Å². The van der Waals surface area contributed by atoms with Gasteiger partial charge < -0.3 is 14.6 Å². The highest BCUT2D eigenvalue weighted by molar-refractivity contribution is 5.16. The lowest BCUT2D eigenvalue weighted by atomic mass is 9.44. The standard InChI is InChI=1S/C27H42O3/c1-16-7-12-27(29-15-16)17(2)24-23(30-27)14-22-20-6-5-18-13-19(28)8-10-25(18,3)21(20)9-11-26(22,24)4/h15,17-24,28H,5-14H2,1-4H3/t17-,18-,19-,20+,21-,22-,23+,24-,25-,26-,27-/m0/s1. The second-order valence-electron chi connectivity index (χ2n) is 12.7. The number of hydrogen-bond donors (Lipinski definition) is 1. The molecule has 3 heteroatoms. The Bertz CT molecular complexity index is 746. The Morgan fingerprint density at radius 1 is 0.967 bits per heavy atom. The van der Waals surface area contributed by atoms with E-state index in [0.717, 1.165) is 49.4 Å². The minimum atomic E-state index is -0.358. The van der Waals surface area contributed by atoms with Crippen LogP contribution in [0.4, 0.5) is 0 Å². The molecule has 1 N–H and O–H groups in total. The molecule has 30 heavy (non-hydrogen) atoms. The molecule has 0 aromatic heterocycles. The summed E-state index contributed by atoms with van der Waals surface area (Å²) < 4.78 is 13.2. The van der Waals surface area contributed by atoms with Gasteiger partial charge in [-0.15, -0.1) is 0 Å². The summed E-state index contributed by atoms with van der Waals surface area (Å²) in [7, 11) is 0. The van der Waals surface area contributed by atoms with E-state index in [2.05, 4.69) is 27.7 Å². The molecule has 1 saturated heterocycles. The van der Waals surface area contributed by atoms with Crippen molar-refractivity contribution < 1.29 is 14.6 Å². The fourth-order valence-corrected chi connectivity index (χ4v) is 10.0. The molecule has 2 aliphatic heterocycles. The zero-order chi connectivity index (χ0) is 20.9. The van der Waals surface area contributed by atoms with Gasteiger partial charge in [0.05, 0.1) is 18.5 Å². The summed E-state index contributed by atoms with van der Waals surface area (Å²) in [6.45, 7) is 9.82. The van der Waals surface area contributed by atoms with Crippen molar-refractivity contribution in [1.29, 1.82) is 0 Å². The second kappa shape index (κ2) is 6.50. The van der Waals surface area contributed by atoms with Crippen LogP contribution in [0.3, 0.4) is 0 Å². The van der Waals surface area contributed by atoms with Crippen LogP contribution in [0.1, 0.15) is 91.9 Å². The fraction of sp³-hybridized carbons (Fsp3) is 0.926. The summed E-state index contributed by atoms with van der Waals surface area (Å²) in [6.07, 6.45) is 14.5. The zero-order valence-corrected chi connectivity index (χ0v) is 19.5. The number of aliphatic hydroxyl groups excluding tert-OH is 1. The number of allylic oxidation sites excluding steroid dienone is 1. The molecule has 0 aromatic carbocycles. The molecule has 4 aliphatic carbocycles. The van der Waals surface area contributed by atoms with Crippen LogP contribution in [-0.4, -0.2) is 23.1 Å². The normalized spacial score (nSPS) is 59.6. The van der Waals surface area contributed by atoms with E-state index in [-0.39, 0.29) is 11.9 Å². The molecule has 5 fully saturated rings. The van der Waals surface area contributed by atoms with E-state index in [1.54, 1.807) is 0 Å². The number of ether oxygens (including phenoxy) is 2. The smallest absolute Gasteiger partial charge is 0.213 e. The fourth-order valence-electron chi connectivity index (χ4n) is 10.0. The molecule has 6 rings (SSSR count). The van der Waals surface area contributed by atoms with Gasteiger partial charge in [-0.1, -0.05) is 20.8 Å². The number of fused-ring (bicyclic) bond motifs is 7. The van der Waals surface area contributed by atoms with Gasteiger partial charge in [-0.25, -0.2) is 0 Å². The molecule has 168 valence electrons. The van der Waals surface area contributed by atoms with Crippen LogP contribution < -0.4 is 0 Å². The highest BCUT2D eigenvalue weighted by atomic mass is 16.7. The summed E-state index contributed by atoms with van der Waals surface area (Å²) in [5.74, 6) is 4.06. The molecule has 11 atom stereocenters. The molecule has 0 unspecified atom stereocenters. The Hall–Kier alpha value is -0.540. The first-order valence-corrected chi connectivity index (χ1v) is 13.0. The van der Waals surface area contributed by atoms with Crippen molar-refractivity contribution in [3.05, 3.63) is 11.8 Å². The van der Waals surface area contributed by atoms with Crippen molar-refractivity contribution in [1.82, 2.24) is 0 Å². The predicted molar refractivity (Wildman–Crippen MR) is 117 cm³/mol. The molecular weight excluding hydrogens is 372 g/mol. The van der Waals surface area contributed by atoms with Crippen LogP contribution in [0.15, 0.2) is 11.8 Å². The minimum Gasteiger partial charge on any atom is -0.470 e. The Morgan fingerprint density at radius 2 is 1.77 bits per heavy atom. The Balaban J connectivity index is 1.27. The number of rotatable bonds is 0. The van der Waals surface area contributed by atoms with Crippen LogP contribution in [0.2, 0.25) is 0 Å². The average molecular weight is 415 g/mol. The van der Waals surface area contributed by atoms with Crippen LogP contribution >= 0.6 is 0 Å². The quantitative estimate of drug-likeness (QED) is 0.523. The van der Waals surface area contributed by atoms with Crippen LogP contribution in [0, 0.1) is 46.3 Å². The highest BCUT2D eigenvalue weighted by Crippen LogP contribution is 2.71. The largest absolute Gasteiger partial charge is 0.470 e. The monoisotopic (exact) mass is 414 g/mol. The molecule has 0 aromatic rings. The van der Waals surface area contributed by atoms with E-state index in [4.69, 9.17) is 9.47 Å². The van der Waals surface area contributed by atoms with E-state index in [0.29, 0.717) is 28.8 Å². The van der Waals surface area contributed by atoms with Gasteiger partial charge in [-0.05, 0) is 111 Å². The van der Waals surface area contributed by atoms with Gasteiger partial charge in [0, 0.05) is 12.3 Å². The van der Waals surface area contributed by atoms with Crippen molar-refractivity contribution in [2.24, 2.45) is 46.3 Å². The maximum absolute atomic E-state index is 10.3. The lowest BCUT2D eigenvalue weighted by Gasteiger charge is -2.61. The van der Waals surface area contributed by atoms with E-state index >= 15 is 0 Å². The maximum Gasteiger partial charge on any atom is 0.213 e. The van der Waals surface area contributed by atoms with Crippen molar-refractivity contribution in [3.63, 3.8) is 0 Å².